The Morgan fingerprint density at radius 3 is 2.71 bits per heavy atom. The van der Waals surface area contributed by atoms with Gasteiger partial charge in [0.15, 0.2) is 5.75 Å². The third-order valence-corrected chi connectivity index (χ3v) is 3.34. The van der Waals surface area contributed by atoms with Crippen molar-refractivity contribution < 1.29 is 19.6 Å². The molecule has 0 aromatic heterocycles. The molecule has 0 aliphatic carbocycles. The molecule has 2 rings (SSSR count). The predicted octanol–water partition coefficient (Wildman–Crippen LogP) is 3.30. The van der Waals surface area contributed by atoms with E-state index in [4.69, 9.17) is 4.74 Å². The van der Waals surface area contributed by atoms with E-state index >= 15 is 0 Å². The molecule has 0 unspecified atom stereocenters. The van der Waals surface area contributed by atoms with E-state index in [0.717, 1.165) is 0 Å². The van der Waals surface area contributed by atoms with Crippen LogP contribution in [0, 0.1) is 10.1 Å². The van der Waals surface area contributed by atoms with Crippen molar-refractivity contribution in [3.63, 3.8) is 0 Å². The monoisotopic (exact) mass is 330 g/mol. The Hall–Kier alpha value is -2.93. The number of hydrogen-bond acceptors (Lipinski definition) is 5. The first-order valence-electron chi connectivity index (χ1n) is 7.43. The molecule has 0 bridgehead atoms. The van der Waals surface area contributed by atoms with Gasteiger partial charge in [0.25, 0.3) is 5.91 Å². The highest BCUT2D eigenvalue weighted by molar-refractivity contribution is 6.04. The average Bonchev–Trinajstić information content (AvgIpc) is 2.55. The van der Waals surface area contributed by atoms with Gasteiger partial charge in [-0.25, -0.2) is 0 Å². The largest absolute Gasteiger partial charge is 0.487 e. The number of hydrogen-bond donors (Lipinski definition) is 2. The number of nitro benzene ring substituents is 1. The molecule has 1 atom stereocenters. The van der Waals surface area contributed by atoms with Crippen LogP contribution in [-0.4, -0.2) is 22.5 Å². The lowest BCUT2D eigenvalue weighted by Gasteiger charge is -2.10. The molecule has 0 aliphatic heterocycles. The fourth-order valence-corrected chi connectivity index (χ4v) is 2.16. The third-order valence-electron chi connectivity index (χ3n) is 3.34. The molecule has 0 aliphatic rings. The number of rotatable bonds is 6. The summed E-state index contributed by atoms with van der Waals surface area (Å²) in [6, 6.07) is 10.8. The summed E-state index contributed by atoms with van der Waals surface area (Å²) >= 11 is 0. The van der Waals surface area contributed by atoms with Crippen LogP contribution in [0.1, 0.15) is 35.9 Å². The molecular weight excluding hydrogens is 312 g/mol. The lowest BCUT2D eigenvalue weighted by Crippen LogP contribution is -2.12. The Bertz CT molecular complexity index is 758. The van der Waals surface area contributed by atoms with Crippen molar-refractivity contribution in [3.05, 3.63) is 63.7 Å². The van der Waals surface area contributed by atoms with E-state index in [-0.39, 0.29) is 17.0 Å². The number of amides is 1. The summed E-state index contributed by atoms with van der Waals surface area (Å²) in [6.07, 6.45) is -0.659. The molecule has 0 spiro atoms. The maximum Gasteiger partial charge on any atom is 0.311 e. The zero-order chi connectivity index (χ0) is 17.7. The molecule has 7 nitrogen and oxygen atoms in total. The second kappa shape index (κ2) is 7.56. The van der Waals surface area contributed by atoms with Crippen molar-refractivity contribution in [2.75, 3.05) is 11.9 Å². The highest BCUT2D eigenvalue weighted by Crippen LogP contribution is 2.28. The molecule has 24 heavy (non-hydrogen) atoms. The number of nitrogens with one attached hydrogen (secondary N) is 1. The summed E-state index contributed by atoms with van der Waals surface area (Å²) in [6.45, 7) is 3.63. The number of nitro groups is 1. The number of ether oxygens (including phenoxy) is 1. The van der Waals surface area contributed by atoms with Gasteiger partial charge in [0.05, 0.1) is 17.6 Å². The predicted molar refractivity (Wildman–Crippen MR) is 89.3 cm³/mol. The molecule has 2 aromatic rings. The van der Waals surface area contributed by atoms with Gasteiger partial charge in [0.2, 0.25) is 0 Å². The van der Waals surface area contributed by atoms with Crippen LogP contribution in [0.2, 0.25) is 0 Å². The third kappa shape index (κ3) is 4.08. The summed E-state index contributed by atoms with van der Waals surface area (Å²) in [5, 5.41) is 23.3. The normalized spacial score (nSPS) is 11.6. The Kier molecular flexibility index (Phi) is 5.49. The highest BCUT2D eigenvalue weighted by atomic mass is 16.6. The molecule has 126 valence electrons. The van der Waals surface area contributed by atoms with Gasteiger partial charge in [-0.15, -0.1) is 0 Å². The second-order valence-corrected chi connectivity index (χ2v) is 5.13. The molecule has 2 aromatic carbocycles. The van der Waals surface area contributed by atoms with E-state index in [2.05, 4.69) is 5.32 Å². The summed E-state index contributed by atoms with van der Waals surface area (Å²) in [5.74, 6) is -0.362. The zero-order valence-corrected chi connectivity index (χ0v) is 13.4. The van der Waals surface area contributed by atoms with Crippen molar-refractivity contribution in [2.24, 2.45) is 0 Å². The molecule has 0 heterocycles. The summed E-state index contributed by atoms with van der Waals surface area (Å²) < 4.78 is 5.19. The van der Waals surface area contributed by atoms with Gasteiger partial charge < -0.3 is 15.2 Å². The first kappa shape index (κ1) is 17.4. The first-order chi connectivity index (χ1) is 11.4. The summed E-state index contributed by atoms with van der Waals surface area (Å²) in [7, 11) is 0. The Morgan fingerprint density at radius 2 is 2.08 bits per heavy atom. The molecule has 0 saturated heterocycles. The van der Waals surface area contributed by atoms with E-state index in [1.54, 1.807) is 38.1 Å². The molecule has 2 N–H and O–H groups in total. The number of aliphatic hydroxyl groups is 1. The maximum absolute atomic E-state index is 12.3. The molecule has 0 radical (unpaired) electrons. The van der Waals surface area contributed by atoms with Gasteiger partial charge in [-0.05, 0) is 43.7 Å². The molecule has 0 fully saturated rings. The molecule has 1 amide bonds. The van der Waals surface area contributed by atoms with Crippen LogP contribution in [0.3, 0.4) is 0 Å². The molecule has 0 saturated carbocycles. The van der Waals surface area contributed by atoms with E-state index in [1.807, 2.05) is 0 Å². The van der Waals surface area contributed by atoms with E-state index in [0.29, 0.717) is 17.9 Å². The van der Waals surface area contributed by atoms with Gasteiger partial charge in [-0.1, -0.05) is 12.1 Å². The SMILES string of the molecule is CCOc1ccc(C(=O)Nc2cccc([C@H](C)O)c2)cc1[N+](=O)[O-]. The maximum atomic E-state index is 12.3. The number of carbonyl (C=O) groups excluding carboxylic acids is 1. The molecule has 7 heteroatoms. The van der Waals surface area contributed by atoms with Crippen LogP contribution in [0.5, 0.6) is 5.75 Å². The Labute approximate surface area is 139 Å². The van der Waals surface area contributed by atoms with Crippen LogP contribution in [0.15, 0.2) is 42.5 Å². The van der Waals surface area contributed by atoms with Crippen molar-refractivity contribution in [2.45, 2.75) is 20.0 Å². The van der Waals surface area contributed by atoms with E-state index < -0.39 is 16.9 Å². The van der Waals surface area contributed by atoms with Crippen LogP contribution < -0.4 is 10.1 Å². The lowest BCUT2D eigenvalue weighted by molar-refractivity contribution is -0.385. The Morgan fingerprint density at radius 1 is 1.33 bits per heavy atom. The minimum atomic E-state index is -0.659. The van der Waals surface area contributed by atoms with Gasteiger partial charge in [0.1, 0.15) is 0 Å². The van der Waals surface area contributed by atoms with Crippen molar-refractivity contribution in [1.82, 2.24) is 0 Å². The van der Waals surface area contributed by atoms with Crippen LogP contribution in [0.4, 0.5) is 11.4 Å². The number of carbonyl (C=O) groups is 1. The van der Waals surface area contributed by atoms with Gasteiger partial charge in [0, 0.05) is 17.3 Å². The van der Waals surface area contributed by atoms with Crippen LogP contribution in [0.25, 0.3) is 0 Å². The second-order valence-electron chi connectivity index (χ2n) is 5.13. The topological polar surface area (TPSA) is 102 Å². The Balaban J connectivity index is 2.25. The average molecular weight is 330 g/mol. The minimum Gasteiger partial charge on any atom is -0.487 e. The van der Waals surface area contributed by atoms with Crippen molar-refractivity contribution in [1.29, 1.82) is 0 Å². The van der Waals surface area contributed by atoms with E-state index in [1.165, 1.54) is 18.2 Å². The van der Waals surface area contributed by atoms with Crippen molar-refractivity contribution >= 4 is 17.3 Å². The first-order valence-corrected chi connectivity index (χ1v) is 7.43. The van der Waals surface area contributed by atoms with Gasteiger partial charge >= 0.3 is 5.69 Å². The number of benzene rings is 2. The van der Waals surface area contributed by atoms with Crippen LogP contribution in [-0.2, 0) is 0 Å². The minimum absolute atomic E-state index is 0.121. The number of anilines is 1. The van der Waals surface area contributed by atoms with Gasteiger partial charge in [-0.3, -0.25) is 14.9 Å². The quantitative estimate of drug-likeness (QED) is 0.625. The molecular formula is C17H18N2O5. The summed E-state index contributed by atoms with van der Waals surface area (Å²) in [5.41, 5.74) is 1.04. The fourth-order valence-electron chi connectivity index (χ4n) is 2.16. The smallest absolute Gasteiger partial charge is 0.311 e. The lowest BCUT2D eigenvalue weighted by atomic mass is 10.1. The summed E-state index contributed by atoms with van der Waals surface area (Å²) in [4.78, 5) is 22.8. The zero-order valence-electron chi connectivity index (χ0n) is 13.4. The number of nitrogens with zero attached hydrogens (tertiary/aromatic N) is 1. The van der Waals surface area contributed by atoms with Crippen molar-refractivity contribution in [3.8, 4) is 5.75 Å². The van der Waals surface area contributed by atoms with Crippen LogP contribution >= 0.6 is 0 Å². The highest BCUT2D eigenvalue weighted by Gasteiger charge is 2.18. The number of aliphatic hydroxyl groups excluding tert-OH is 1. The fraction of sp³-hybridized carbons (Fsp3) is 0.235. The van der Waals surface area contributed by atoms with E-state index in [9.17, 15) is 20.0 Å². The van der Waals surface area contributed by atoms with Gasteiger partial charge in [-0.2, -0.15) is 0 Å². The standard InChI is InChI=1S/C17H18N2O5/c1-3-24-16-8-7-13(10-15(16)19(22)23)17(21)18-14-6-4-5-12(9-14)11(2)20/h4-11,20H,3H2,1-2H3,(H,18,21)/t11-/m0/s1.